The Bertz CT molecular complexity index is 1580. The Morgan fingerprint density at radius 3 is 2.30 bits per heavy atom. The normalized spacial score (nSPS) is 21.5. The van der Waals surface area contributed by atoms with E-state index in [0.717, 1.165) is 46.5 Å². The molecule has 0 bridgehead atoms. The van der Waals surface area contributed by atoms with Gasteiger partial charge in [-0.2, -0.15) is 0 Å². The highest BCUT2D eigenvalue weighted by Gasteiger charge is 2.44. The van der Waals surface area contributed by atoms with E-state index in [2.05, 4.69) is 66.9 Å². The van der Waals surface area contributed by atoms with E-state index in [1.165, 1.54) is 12.1 Å². The number of nitrogens with zero attached hydrogens (tertiary/aromatic N) is 3. The average molecular weight is 535 g/mol. The van der Waals surface area contributed by atoms with Gasteiger partial charge in [-0.15, -0.1) is 0 Å². The van der Waals surface area contributed by atoms with Crippen LogP contribution in [-0.2, 0) is 11.8 Å². The molecule has 2 amide bonds. The molecule has 4 aromatic rings. The van der Waals surface area contributed by atoms with Gasteiger partial charge in [-0.3, -0.25) is 9.59 Å². The van der Waals surface area contributed by atoms with Crippen LogP contribution in [0.15, 0.2) is 72.8 Å². The van der Waals surface area contributed by atoms with Gasteiger partial charge >= 0.3 is 0 Å². The fraction of sp³-hybridized carbons (Fsp3) is 0.353. The molecule has 6 nitrogen and oxygen atoms in total. The summed E-state index contributed by atoms with van der Waals surface area (Å²) in [6, 6.07) is 23.1. The maximum Gasteiger partial charge on any atom is 0.255 e. The maximum absolute atomic E-state index is 13.8. The number of piperidine rings is 1. The fourth-order valence-corrected chi connectivity index (χ4v) is 6.93. The molecule has 1 saturated heterocycles. The van der Waals surface area contributed by atoms with Crippen molar-refractivity contribution in [3.63, 3.8) is 0 Å². The zero-order valence-corrected chi connectivity index (χ0v) is 24.0. The van der Waals surface area contributed by atoms with Crippen molar-refractivity contribution in [2.75, 3.05) is 23.3 Å². The second kappa shape index (κ2) is 10.2. The summed E-state index contributed by atoms with van der Waals surface area (Å²) in [6.07, 6.45) is 1.26. The van der Waals surface area contributed by atoms with Crippen LogP contribution in [0, 0.1) is 18.8 Å². The third kappa shape index (κ3) is 4.36. The number of para-hydroxylation sites is 1. The van der Waals surface area contributed by atoms with Gasteiger partial charge in [-0.1, -0.05) is 50.2 Å². The van der Waals surface area contributed by atoms with Gasteiger partial charge in [0.25, 0.3) is 5.91 Å². The lowest BCUT2D eigenvalue weighted by Crippen LogP contribution is -2.44. The quantitative estimate of drug-likeness (QED) is 0.316. The smallest absolute Gasteiger partial charge is 0.255 e. The minimum absolute atomic E-state index is 0.112. The number of aryl methyl sites for hydroxylation is 1. The molecule has 0 radical (unpaired) electrons. The van der Waals surface area contributed by atoms with Crippen LogP contribution in [0.25, 0.3) is 10.9 Å². The molecule has 1 fully saturated rings. The maximum atomic E-state index is 13.8. The number of amides is 2. The lowest BCUT2D eigenvalue weighted by molar-refractivity contribution is -0.120. The van der Waals surface area contributed by atoms with Gasteiger partial charge in [-0.25, -0.2) is 0 Å². The zero-order valence-electron chi connectivity index (χ0n) is 24.0. The molecule has 4 atom stereocenters. The van der Waals surface area contributed by atoms with Gasteiger partial charge in [0.15, 0.2) is 0 Å². The Morgan fingerprint density at radius 2 is 1.57 bits per heavy atom. The molecule has 0 saturated carbocycles. The summed E-state index contributed by atoms with van der Waals surface area (Å²) in [4.78, 5) is 31.7. The van der Waals surface area contributed by atoms with Crippen molar-refractivity contribution in [2.45, 2.75) is 46.2 Å². The predicted octanol–water partition coefficient (Wildman–Crippen LogP) is 6.54. The van der Waals surface area contributed by atoms with Crippen LogP contribution in [0.5, 0.6) is 0 Å². The third-order valence-corrected chi connectivity index (χ3v) is 8.89. The number of aromatic nitrogens is 1. The highest BCUT2D eigenvalue weighted by atomic mass is 16.2. The predicted molar refractivity (Wildman–Crippen MR) is 162 cm³/mol. The molecule has 4 unspecified atom stereocenters. The van der Waals surface area contributed by atoms with Gasteiger partial charge in [0.05, 0.1) is 6.04 Å². The lowest BCUT2D eigenvalue weighted by atomic mass is 9.91. The molecular weight excluding hydrogens is 496 g/mol. The Morgan fingerprint density at radius 1 is 0.925 bits per heavy atom. The largest absolute Gasteiger partial charge is 0.371 e. The van der Waals surface area contributed by atoms with Crippen molar-refractivity contribution in [3.05, 3.63) is 95.2 Å². The van der Waals surface area contributed by atoms with Gasteiger partial charge in [-0.05, 0) is 74.1 Å². The van der Waals surface area contributed by atoms with E-state index < -0.39 is 6.04 Å². The molecule has 2 aliphatic rings. The molecule has 0 aliphatic carbocycles. The highest BCUT2D eigenvalue weighted by Crippen LogP contribution is 2.44. The molecule has 3 heterocycles. The van der Waals surface area contributed by atoms with E-state index in [1.54, 1.807) is 4.90 Å². The second-order valence-electron chi connectivity index (χ2n) is 11.8. The second-order valence-corrected chi connectivity index (χ2v) is 11.8. The summed E-state index contributed by atoms with van der Waals surface area (Å²) in [7, 11) is 2.05. The van der Waals surface area contributed by atoms with E-state index in [4.69, 9.17) is 0 Å². The van der Waals surface area contributed by atoms with Gasteiger partial charge in [0.2, 0.25) is 5.91 Å². The average Bonchev–Trinajstić information content (AvgIpc) is 3.37. The number of hydrogen-bond donors (Lipinski definition) is 1. The lowest BCUT2D eigenvalue weighted by Gasteiger charge is -2.36. The summed E-state index contributed by atoms with van der Waals surface area (Å²) >= 11 is 0. The van der Waals surface area contributed by atoms with Crippen molar-refractivity contribution in [3.8, 4) is 0 Å². The highest BCUT2D eigenvalue weighted by molar-refractivity contribution is 6.05. The Labute approximate surface area is 236 Å². The Kier molecular flexibility index (Phi) is 6.65. The van der Waals surface area contributed by atoms with E-state index in [9.17, 15) is 9.59 Å². The van der Waals surface area contributed by atoms with Gasteiger partial charge in [0.1, 0.15) is 6.04 Å². The minimum atomic E-state index is -0.674. The summed E-state index contributed by atoms with van der Waals surface area (Å²) < 4.78 is 2.17. The number of nitrogens with one attached hydrogen (secondary N) is 1. The van der Waals surface area contributed by atoms with E-state index >= 15 is 0 Å². The van der Waals surface area contributed by atoms with Crippen molar-refractivity contribution < 1.29 is 9.59 Å². The van der Waals surface area contributed by atoms with E-state index in [0.29, 0.717) is 17.4 Å². The molecule has 3 aromatic carbocycles. The molecule has 0 spiro atoms. The van der Waals surface area contributed by atoms with Crippen LogP contribution in [-0.4, -0.2) is 40.4 Å². The number of fused-ring (bicyclic) bond motifs is 2. The number of anilines is 2. The summed E-state index contributed by atoms with van der Waals surface area (Å²) in [5.74, 6) is 1.03. The number of benzene rings is 3. The molecule has 6 rings (SSSR count). The molecule has 2 aliphatic heterocycles. The van der Waals surface area contributed by atoms with Crippen LogP contribution < -0.4 is 10.2 Å². The van der Waals surface area contributed by atoms with Crippen molar-refractivity contribution in [1.29, 1.82) is 0 Å². The first-order chi connectivity index (χ1) is 19.2. The van der Waals surface area contributed by atoms with Gasteiger partial charge in [0, 0.05) is 59.2 Å². The van der Waals surface area contributed by atoms with Crippen LogP contribution in [0.3, 0.4) is 0 Å². The fourth-order valence-electron chi connectivity index (χ4n) is 6.93. The Hall–Kier alpha value is -4.06. The van der Waals surface area contributed by atoms with Crippen molar-refractivity contribution in [2.24, 2.45) is 18.9 Å². The first-order valence-corrected chi connectivity index (χ1v) is 14.4. The number of carbonyl (C=O) groups is 2. The zero-order chi connectivity index (χ0) is 28.1. The molecule has 1 aromatic heterocycles. The van der Waals surface area contributed by atoms with Crippen LogP contribution >= 0.6 is 0 Å². The third-order valence-electron chi connectivity index (χ3n) is 8.89. The summed E-state index contributed by atoms with van der Waals surface area (Å²) in [5.41, 5.74) is 6.80. The molecule has 6 heteroatoms. The van der Waals surface area contributed by atoms with Gasteiger partial charge < -0.3 is 19.7 Å². The molecule has 206 valence electrons. The van der Waals surface area contributed by atoms with E-state index in [1.807, 2.05) is 55.5 Å². The molecular formula is C34H38N4O2. The first kappa shape index (κ1) is 26.2. The first-order valence-electron chi connectivity index (χ1n) is 14.4. The molecule has 1 N–H and O–H groups in total. The van der Waals surface area contributed by atoms with Crippen LogP contribution in [0.2, 0.25) is 0 Å². The van der Waals surface area contributed by atoms with Crippen molar-refractivity contribution in [1.82, 2.24) is 9.47 Å². The summed E-state index contributed by atoms with van der Waals surface area (Å²) in [6.45, 7) is 10.7. The topological polar surface area (TPSA) is 57.6 Å². The van der Waals surface area contributed by atoms with E-state index in [-0.39, 0.29) is 17.9 Å². The number of carbonyl (C=O) groups excluding carboxylic acids is 2. The van der Waals surface area contributed by atoms with Crippen molar-refractivity contribution >= 4 is 34.1 Å². The minimum Gasteiger partial charge on any atom is -0.371 e. The molecule has 40 heavy (non-hydrogen) atoms. The van der Waals surface area contributed by atoms with Crippen LogP contribution in [0.1, 0.15) is 60.4 Å². The number of rotatable bonds is 5. The van der Waals surface area contributed by atoms with Crippen LogP contribution in [0.4, 0.5) is 11.4 Å². The SMILES string of the molecule is Cc1c(C2c3ccccc3C(=O)N2C(C)C(=O)Nc2ccc(N3CC(C)CC(C)C3)cc2)c2ccccc2n1C. The summed E-state index contributed by atoms with van der Waals surface area (Å²) in [5, 5.41) is 4.19. The monoisotopic (exact) mass is 534 g/mol. The standard InChI is InChI=1S/C34H38N4O2/c1-21-18-22(2)20-37(19-21)26-16-14-25(15-17-26)35-33(39)24(4)38-32(27-10-6-7-11-28(27)34(38)40)31-23(3)36(5)30-13-9-8-12-29(30)31/h6-17,21-22,24,32H,18-20H2,1-5H3,(H,35,39). The Balaban J connectivity index is 1.29. The number of hydrogen-bond acceptors (Lipinski definition) is 3.